The van der Waals surface area contributed by atoms with Gasteiger partial charge in [-0.2, -0.15) is 0 Å². The average Bonchev–Trinajstić information content (AvgIpc) is 2.24. The van der Waals surface area contributed by atoms with Crippen molar-refractivity contribution in [1.29, 1.82) is 0 Å². The number of nitrogens with zero attached hydrogens (tertiary/aromatic N) is 1. The highest BCUT2D eigenvalue weighted by atomic mass is 19.0. The van der Waals surface area contributed by atoms with E-state index in [2.05, 4.69) is 41.5 Å². The Morgan fingerprint density at radius 2 is 0.812 bits per heavy atom. The van der Waals surface area contributed by atoms with E-state index in [0.29, 0.717) is 0 Å². The number of hydrogen-bond acceptors (Lipinski definition) is 0. The van der Waals surface area contributed by atoms with Gasteiger partial charge < -0.3 is 4.48 Å². The molecular weight excluding hydrogens is 208 g/mol. The van der Waals surface area contributed by atoms with Gasteiger partial charge in [-0.05, 0) is 27.7 Å². The molecule has 3 heteroatoms. The minimum absolute atomic E-state index is 0. The molecule has 0 aliphatic rings. The van der Waals surface area contributed by atoms with Crippen LogP contribution in [0.2, 0.25) is 0 Å². The molecule has 104 valence electrons. The molecule has 0 radical (unpaired) electrons. The lowest BCUT2D eigenvalue weighted by atomic mass is 10.3. The van der Waals surface area contributed by atoms with Gasteiger partial charge in [-0.15, -0.1) is 0 Å². The first-order chi connectivity index (χ1) is 6.66. The van der Waals surface area contributed by atoms with Gasteiger partial charge in [0.25, 0.3) is 0 Å². The van der Waals surface area contributed by atoms with Crippen LogP contribution in [0.3, 0.4) is 0 Å². The van der Waals surface area contributed by atoms with Crippen LogP contribution in [0.15, 0.2) is 0 Å². The molecule has 0 amide bonds. The summed E-state index contributed by atoms with van der Waals surface area (Å²) in [5.41, 5.74) is 0. The predicted octanol–water partition coefficient (Wildman–Crippen LogP) is 4.38. The maximum atomic E-state index is 2.27. The lowest BCUT2D eigenvalue weighted by Crippen LogP contribution is -2.47. The van der Waals surface area contributed by atoms with E-state index in [-0.39, 0.29) is 9.41 Å². The second-order valence-electron chi connectivity index (χ2n) is 3.96. The van der Waals surface area contributed by atoms with E-state index in [0.717, 1.165) is 0 Å². The molecule has 0 rings (SSSR count). The zero-order valence-corrected chi connectivity index (χ0v) is 12.2. The van der Waals surface area contributed by atoms with Crippen molar-refractivity contribution in [2.45, 2.75) is 60.8 Å². The van der Waals surface area contributed by atoms with Gasteiger partial charge in [0.15, 0.2) is 0 Å². The Kier molecular flexibility index (Phi) is 26.8. The van der Waals surface area contributed by atoms with Gasteiger partial charge in [0.2, 0.25) is 0 Å². The molecular formula is C13H34F2N+. The van der Waals surface area contributed by atoms with Crippen molar-refractivity contribution in [1.82, 2.24) is 0 Å². The molecule has 0 unspecified atom stereocenters. The van der Waals surface area contributed by atoms with Crippen molar-refractivity contribution in [3.63, 3.8) is 0 Å². The molecule has 1 nitrogen and oxygen atoms in total. The molecule has 0 bridgehead atoms. The Labute approximate surface area is 102 Å². The third-order valence-corrected chi connectivity index (χ3v) is 3.39. The number of quaternary nitrogens is 1. The summed E-state index contributed by atoms with van der Waals surface area (Å²) < 4.78 is 1.28. The first kappa shape index (κ1) is 24.9. The van der Waals surface area contributed by atoms with Crippen LogP contribution < -0.4 is 0 Å². The smallest absolute Gasteiger partial charge is 0.0757 e. The van der Waals surface area contributed by atoms with Crippen LogP contribution in [0, 0.1) is 0 Å². The molecule has 0 aliphatic heterocycles. The van der Waals surface area contributed by atoms with Crippen LogP contribution in [0.25, 0.3) is 0 Å². The van der Waals surface area contributed by atoms with E-state index < -0.39 is 0 Å². The fraction of sp³-hybridized carbons (Fsp3) is 1.00. The van der Waals surface area contributed by atoms with Crippen molar-refractivity contribution in [3.8, 4) is 0 Å². The lowest BCUT2D eigenvalue weighted by molar-refractivity contribution is -0.921. The van der Waals surface area contributed by atoms with Gasteiger partial charge in [-0.1, -0.05) is 33.1 Å². The molecule has 0 aliphatic carbocycles. The van der Waals surface area contributed by atoms with Crippen LogP contribution in [0.4, 0.5) is 9.41 Å². The molecule has 0 N–H and O–H groups in total. The topological polar surface area (TPSA) is 0 Å². The van der Waals surface area contributed by atoms with E-state index in [9.17, 15) is 0 Å². The zero-order chi connectivity index (χ0) is 11.4. The second-order valence-corrected chi connectivity index (χ2v) is 3.96. The van der Waals surface area contributed by atoms with Crippen molar-refractivity contribution in [2.75, 3.05) is 26.2 Å². The van der Waals surface area contributed by atoms with Crippen molar-refractivity contribution in [3.05, 3.63) is 0 Å². The Hall–Kier alpha value is -0.180. The van der Waals surface area contributed by atoms with E-state index in [4.69, 9.17) is 0 Å². The summed E-state index contributed by atoms with van der Waals surface area (Å²) in [6, 6.07) is 0. The fourth-order valence-electron chi connectivity index (χ4n) is 1.70. The minimum atomic E-state index is 0. The van der Waals surface area contributed by atoms with Gasteiger partial charge in [0, 0.05) is 0 Å². The summed E-state index contributed by atoms with van der Waals surface area (Å²) in [7, 11) is 0. The largest absolute Gasteiger partial charge is 0.325 e. The first-order valence-corrected chi connectivity index (χ1v) is 6.51. The molecule has 0 saturated heterocycles. The van der Waals surface area contributed by atoms with Crippen LogP contribution in [-0.4, -0.2) is 30.7 Å². The average molecular weight is 242 g/mol. The predicted molar refractivity (Wildman–Crippen MR) is 72.6 cm³/mol. The molecule has 0 heterocycles. The molecule has 16 heavy (non-hydrogen) atoms. The maximum Gasteiger partial charge on any atom is 0.0757 e. The van der Waals surface area contributed by atoms with Crippen LogP contribution >= 0.6 is 0 Å². The highest BCUT2D eigenvalue weighted by Crippen LogP contribution is 2.03. The Bertz CT molecular complexity index is 84.6. The van der Waals surface area contributed by atoms with Gasteiger partial charge in [-0.3, -0.25) is 9.41 Å². The summed E-state index contributed by atoms with van der Waals surface area (Å²) in [5.74, 6) is 0. The maximum absolute atomic E-state index is 2.27. The summed E-state index contributed by atoms with van der Waals surface area (Å²) in [4.78, 5) is 0. The molecule has 0 aromatic rings. The fourth-order valence-corrected chi connectivity index (χ4v) is 1.70. The van der Waals surface area contributed by atoms with Crippen LogP contribution in [0.1, 0.15) is 60.8 Å². The van der Waals surface area contributed by atoms with Crippen molar-refractivity contribution in [2.24, 2.45) is 0 Å². The molecule has 0 aromatic heterocycles. The summed E-state index contributed by atoms with van der Waals surface area (Å²) in [6.07, 6.45) is 4.08. The van der Waals surface area contributed by atoms with Gasteiger partial charge in [-0.25, -0.2) is 0 Å². The molecule has 0 spiro atoms. The molecule has 0 fully saturated rings. The highest BCUT2D eigenvalue weighted by Gasteiger charge is 2.16. The summed E-state index contributed by atoms with van der Waals surface area (Å²) in [5, 5.41) is 0. The van der Waals surface area contributed by atoms with E-state index >= 15 is 0 Å². The Morgan fingerprint density at radius 1 is 0.562 bits per heavy atom. The van der Waals surface area contributed by atoms with E-state index in [1.807, 2.05) is 0 Å². The molecule has 0 aromatic carbocycles. The number of rotatable bonds is 6. The monoisotopic (exact) mass is 242 g/mol. The highest BCUT2D eigenvalue weighted by molar-refractivity contribution is 4.31. The number of hydrogen-bond donors (Lipinski definition) is 0. The third-order valence-electron chi connectivity index (χ3n) is 3.39. The molecule has 0 saturated carbocycles. The van der Waals surface area contributed by atoms with Crippen molar-refractivity contribution < 1.29 is 13.9 Å². The number of unbranched alkanes of at least 4 members (excludes halogenated alkanes) is 2. The quantitative estimate of drug-likeness (QED) is 0.606. The zero-order valence-electron chi connectivity index (χ0n) is 12.2. The normalized spacial score (nSPS) is 9.38. The van der Waals surface area contributed by atoms with Gasteiger partial charge >= 0.3 is 0 Å². The summed E-state index contributed by atoms with van der Waals surface area (Å²) >= 11 is 0. The van der Waals surface area contributed by atoms with Gasteiger partial charge in [0.05, 0.1) is 26.2 Å². The third kappa shape index (κ3) is 11.9. The van der Waals surface area contributed by atoms with Gasteiger partial charge in [0.1, 0.15) is 0 Å². The molecule has 0 atom stereocenters. The van der Waals surface area contributed by atoms with Crippen LogP contribution in [-0.2, 0) is 0 Å². The summed E-state index contributed by atoms with van der Waals surface area (Å²) in [6.45, 7) is 18.6. The second kappa shape index (κ2) is 17.2. The van der Waals surface area contributed by atoms with E-state index in [1.54, 1.807) is 0 Å². The number of halogens is 2. The van der Waals surface area contributed by atoms with Crippen molar-refractivity contribution >= 4 is 0 Å². The van der Waals surface area contributed by atoms with E-state index in [1.165, 1.54) is 49.9 Å². The standard InChI is InChI=1S/C8H20N.C5H12.2FH/c1-5-9(6-2,7-3)8-4;1-3-5-4-2;;/h5-8H2,1-4H3;3-5H2,1-2H3;2*1H/q+1;;;. The SMILES string of the molecule is CCCCC.CC[N+](CC)(CC)CC.F.F. The van der Waals surface area contributed by atoms with Crippen LogP contribution in [0.5, 0.6) is 0 Å². The Balaban J connectivity index is -0.0000000904. The first-order valence-electron chi connectivity index (χ1n) is 6.51. The Morgan fingerprint density at radius 3 is 0.812 bits per heavy atom. The minimum Gasteiger partial charge on any atom is -0.325 e. The lowest BCUT2D eigenvalue weighted by Gasteiger charge is -2.34.